The molecule has 1 saturated carbocycles. The van der Waals surface area contributed by atoms with E-state index in [0.29, 0.717) is 5.56 Å². The zero-order valence-electron chi connectivity index (χ0n) is 25.4. The number of hydrogen-bond acceptors (Lipinski definition) is 10. The fourth-order valence-corrected chi connectivity index (χ4v) is 7.54. The van der Waals surface area contributed by atoms with Gasteiger partial charge in [-0.25, -0.2) is 9.18 Å². The van der Waals surface area contributed by atoms with Crippen molar-refractivity contribution in [1.29, 1.82) is 0 Å². The van der Waals surface area contributed by atoms with Gasteiger partial charge in [0, 0.05) is 45.8 Å². The van der Waals surface area contributed by atoms with Gasteiger partial charge >= 0.3 is 5.97 Å². The highest BCUT2D eigenvalue weighted by molar-refractivity contribution is 6.31. The minimum absolute atomic E-state index is 0.00718. The number of carbonyl (C=O) groups excluding carboxylic acids is 3. The molecule has 13 nitrogen and oxygen atoms in total. The van der Waals surface area contributed by atoms with E-state index < -0.39 is 74.5 Å². The smallest absolute Gasteiger partial charge is 0.341 e. The number of ketones is 1. The van der Waals surface area contributed by atoms with Crippen molar-refractivity contribution in [3.63, 3.8) is 0 Å². The van der Waals surface area contributed by atoms with Crippen molar-refractivity contribution in [1.82, 2.24) is 4.90 Å². The highest BCUT2D eigenvalue weighted by Gasteiger charge is 2.71. The van der Waals surface area contributed by atoms with Crippen LogP contribution in [0, 0.1) is 32.0 Å². The second-order valence-electron chi connectivity index (χ2n) is 11.9. The SMILES string of the molecule is COC(=O)c1cc([N+](=O)[O-])c(C(=O)C[C@H]2C([N+](=O)[O-])[C@H](c3cccc(Cl)c3F)[C@]3(C(=O)Nc4cc(Cl)ccc43)N2CC2CC2)cc1OC. The van der Waals surface area contributed by atoms with Crippen LogP contribution in [0.25, 0.3) is 0 Å². The van der Waals surface area contributed by atoms with Crippen molar-refractivity contribution in [3.8, 4) is 5.75 Å². The Morgan fingerprint density at radius 1 is 1.08 bits per heavy atom. The van der Waals surface area contributed by atoms with Gasteiger partial charge in [-0.3, -0.25) is 34.7 Å². The number of halogens is 3. The number of nitrogens with one attached hydrogen (secondary N) is 1. The number of amides is 1. The summed E-state index contributed by atoms with van der Waals surface area (Å²) in [7, 11) is 2.26. The lowest BCUT2D eigenvalue weighted by atomic mass is 9.73. The number of hydrogen-bond donors (Lipinski definition) is 1. The van der Waals surface area contributed by atoms with E-state index in [1.807, 2.05) is 0 Å². The molecular weight excluding hydrogens is 674 g/mol. The number of nitro groups is 2. The molecule has 0 aromatic heterocycles. The van der Waals surface area contributed by atoms with E-state index in [9.17, 15) is 34.6 Å². The van der Waals surface area contributed by atoms with Crippen LogP contribution in [0.2, 0.25) is 10.0 Å². The van der Waals surface area contributed by atoms with Gasteiger partial charge in [0.2, 0.25) is 6.04 Å². The van der Waals surface area contributed by atoms with Gasteiger partial charge in [0.15, 0.2) is 5.78 Å². The van der Waals surface area contributed by atoms with Crippen molar-refractivity contribution in [2.24, 2.45) is 5.92 Å². The first-order valence-electron chi connectivity index (χ1n) is 14.8. The molecule has 3 aromatic rings. The zero-order valence-corrected chi connectivity index (χ0v) is 26.9. The molecule has 3 aromatic carbocycles. The van der Waals surface area contributed by atoms with Crippen molar-refractivity contribution < 1.29 is 38.1 Å². The first-order chi connectivity index (χ1) is 22.8. The minimum Gasteiger partial charge on any atom is -0.496 e. The number of methoxy groups -OCH3 is 2. The molecule has 1 spiro atoms. The van der Waals surface area contributed by atoms with Crippen LogP contribution in [-0.4, -0.2) is 65.3 Å². The number of benzene rings is 3. The molecular formula is C32H27Cl2FN4O9. The summed E-state index contributed by atoms with van der Waals surface area (Å²) >= 11 is 12.4. The Kier molecular flexibility index (Phi) is 8.60. The average Bonchev–Trinajstić information content (AvgIpc) is 3.77. The molecule has 48 heavy (non-hydrogen) atoms. The molecule has 250 valence electrons. The molecule has 3 aliphatic rings. The summed E-state index contributed by atoms with van der Waals surface area (Å²) in [5.74, 6) is -5.17. The summed E-state index contributed by atoms with van der Waals surface area (Å²) in [6.45, 7) is 0.128. The zero-order chi connectivity index (χ0) is 34.7. The molecule has 2 fully saturated rings. The maximum absolute atomic E-state index is 16.0. The van der Waals surface area contributed by atoms with Crippen molar-refractivity contribution in [2.75, 3.05) is 26.1 Å². The number of likely N-dealkylation sites (tertiary alicyclic amines) is 1. The van der Waals surface area contributed by atoms with Crippen molar-refractivity contribution in [3.05, 3.63) is 107 Å². The highest BCUT2D eigenvalue weighted by Crippen LogP contribution is 2.60. The number of anilines is 1. The van der Waals surface area contributed by atoms with Crippen molar-refractivity contribution in [2.45, 2.75) is 42.8 Å². The number of ether oxygens (including phenoxy) is 2. The Morgan fingerprint density at radius 3 is 2.44 bits per heavy atom. The molecule has 2 heterocycles. The first-order valence-corrected chi connectivity index (χ1v) is 15.5. The number of rotatable bonds is 10. The predicted octanol–water partition coefficient (Wildman–Crippen LogP) is 5.78. The highest BCUT2D eigenvalue weighted by atomic mass is 35.5. The number of nitro benzene ring substituents is 1. The summed E-state index contributed by atoms with van der Waals surface area (Å²) in [6, 6.07) is 7.29. The Balaban J connectivity index is 1.58. The Hall–Kier alpha value is -4.66. The lowest BCUT2D eigenvalue weighted by Crippen LogP contribution is -2.53. The van der Waals surface area contributed by atoms with Gasteiger partial charge in [0.1, 0.15) is 22.7 Å². The summed E-state index contributed by atoms with van der Waals surface area (Å²) < 4.78 is 25.9. The van der Waals surface area contributed by atoms with Crippen LogP contribution in [0.1, 0.15) is 57.0 Å². The van der Waals surface area contributed by atoms with E-state index in [0.717, 1.165) is 32.1 Å². The van der Waals surface area contributed by atoms with Crippen LogP contribution >= 0.6 is 23.2 Å². The number of fused-ring (bicyclic) bond motifs is 2. The maximum atomic E-state index is 16.0. The fraction of sp³-hybridized carbons (Fsp3) is 0.344. The number of nitrogens with zero attached hydrogens (tertiary/aromatic N) is 3. The molecule has 4 atom stereocenters. The van der Waals surface area contributed by atoms with E-state index in [1.54, 1.807) is 11.0 Å². The summed E-state index contributed by atoms with van der Waals surface area (Å²) in [5, 5.41) is 28.1. The van der Waals surface area contributed by atoms with E-state index in [2.05, 4.69) is 5.32 Å². The van der Waals surface area contributed by atoms with Crippen LogP contribution in [0.3, 0.4) is 0 Å². The average molecular weight is 701 g/mol. The number of carbonyl (C=O) groups is 3. The molecule has 0 radical (unpaired) electrons. The lowest BCUT2D eigenvalue weighted by molar-refractivity contribution is -0.528. The minimum atomic E-state index is -1.89. The molecule has 1 saturated heterocycles. The van der Waals surface area contributed by atoms with Crippen molar-refractivity contribution >= 4 is 52.2 Å². The second kappa shape index (κ2) is 12.4. The molecule has 0 bridgehead atoms. The van der Waals surface area contributed by atoms with Crippen LogP contribution < -0.4 is 10.1 Å². The third-order valence-corrected chi connectivity index (χ3v) is 9.88. The molecule has 16 heteroatoms. The van der Waals surface area contributed by atoms with Gasteiger partial charge in [-0.2, -0.15) is 0 Å². The van der Waals surface area contributed by atoms with Crippen LogP contribution in [0.5, 0.6) is 5.75 Å². The molecule has 1 aliphatic carbocycles. The molecule has 2 aliphatic heterocycles. The quantitative estimate of drug-likeness (QED) is 0.118. The van der Waals surface area contributed by atoms with E-state index in [1.165, 1.54) is 37.4 Å². The summed E-state index contributed by atoms with van der Waals surface area (Å²) in [5.41, 5.74) is -3.06. The monoisotopic (exact) mass is 700 g/mol. The topological polar surface area (TPSA) is 171 Å². The maximum Gasteiger partial charge on any atom is 0.341 e. The van der Waals surface area contributed by atoms with Crippen LogP contribution in [0.15, 0.2) is 48.5 Å². The predicted molar refractivity (Wildman–Crippen MR) is 170 cm³/mol. The lowest BCUT2D eigenvalue weighted by Gasteiger charge is -2.38. The molecule has 1 unspecified atom stereocenters. The van der Waals surface area contributed by atoms with Gasteiger partial charge in [0.05, 0.1) is 41.7 Å². The molecule has 1 amide bonds. The number of esters is 1. The fourth-order valence-electron chi connectivity index (χ4n) is 7.18. The Morgan fingerprint density at radius 2 is 1.81 bits per heavy atom. The van der Waals surface area contributed by atoms with Gasteiger partial charge in [-0.1, -0.05) is 41.4 Å². The standard InChI is InChI=1S/C32H27Cl2FN4O9/c1-47-26-12-18(23(38(43)44)11-19(26)30(41)48-2)25(40)13-24-29(39(45)46)27(17-4-3-5-21(34)28(17)35)32(37(24)14-15-6-7-15)20-9-8-16(33)10-22(20)36-31(32)42/h3-5,8-12,15,24,27,29H,6-7,13-14H2,1-2H3,(H,36,42)/t24-,27-,29?,32+/m0/s1. The van der Waals surface area contributed by atoms with E-state index in [-0.39, 0.29) is 45.1 Å². The van der Waals surface area contributed by atoms with Gasteiger partial charge in [0.25, 0.3) is 11.6 Å². The third-order valence-electron chi connectivity index (χ3n) is 9.35. The van der Waals surface area contributed by atoms with Gasteiger partial charge < -0.3 is 14.8 Å². The normalized spacial score (nSPS) is 23.1. The molecule has 6 rings (SSSR count). The third kappa shape index (κ3) is 5.24. The van der Waals surface area contributed by atoms with Gasteiger partial charge in [-0.05, 0) is 43.0 Å². The van der Waals surface area contributed by atoms with E-state index >= 15 is 4.39 Å². The number of Topliss-reactive ketones (excluding diaryl/α,β-unsaturated/α-hetero) is 1. The second-order valence-corrected chi connectivity index (χ2v) is 12.8. The summed E-state index contributed by atoms with van der Waals surface area (Å²) in [4.78, 5) is 66.3. The Labute approximate surface area is 282 Å². The van der Waals surface area contributed by atoms with Crippen LogP contribution in [-0.2, 0) is 15.1 Å². The van der Waals surface area contributed by atoms with E-state index in [4.69, 9.17) is 32.7 Å². The first kappa shape index (κ1) is 33.2. The molecule has 1 N–H and O–H groups in total. The summed E-state index contributed by atoms with van der Waals surface area (Å²) in [6.07, 6.45) is 0.815. The van der Waals surface area contributed by atoms with Crippen LogP contribution in [0.4, 0.5) is 15.8 Å². The largest absolute Gasteiger partial charge is 0.496 e. The van der Waals surface area contributed by atoms with Gasteiger partial charge in [-0.15, -0.1) is 0 Å². The Bertz CT molecular complexity index is 1910.